The normalized spacial score (nSPS) is 20.1. The molecule has 2 aliphatic heterocycles. The summed E-state index contributed by atoms with van der Waals surface area (Å²) in [6, 6.07) is 1.15. The van der Waals surface area contributed by atoms with E-state index in [1.807, 2.05) is 13.8 Å². The Morgan fingerprint density at radius 1 is 1.38 bits per heavy atom. The van der Waals surface area contributed by atoms with E-state index in [1.54, 1.807) is 9.80 Å². The van der Waals surface area contributed by atoms with Crippen molar-refractivity contribution >= 4 is 23.7 Å². The van der Waals surface area contributed by atoms with E-state index in [9.17, 15) is 14.4 Å². The number of likely N-dealkylation sites (tertiary alicyclic amines) is 1. The summed E-state index contributed by atoms with van der Waals surface area (Å²) in [4.78, 5) is 40.2. The van der Waals surface area contributed by atoms with Gasteiger partial charge in [0.05, 0.1) is 0 Å². The van der Waals surface area contributed by atoms with Gasteiger partial charge in [-0.1, -0.05) is 13.8 Å². The number of amides is 4. The molecule has 1 aromatic rings. The number of piperidine rings is 1. The van der Waals surface area contributed by atoms with Crippen LogP contribution in [0.2, 0.25) is 0 Å². The molecule has 24 heavy (non-hydrogen) atoms. The average molecular weight is 334 g/mol. The van der Waals surface area contributed by atoms with Crippen LogP contribution in [-0.2, 0) is 4.79 Å². The van der Waals surface area contributed by atoms with Gasteiger partial charge in [0.15, 0.2) is 0 Å². The first-order valence-electron chi connectivity index (χ1n) is 8.07. The van der Waals surface area contributed by atoms with Crippen molar-refractivity contribution in [1.82, 2.24) is 25.3 Å². The summed E-state index contributed by atoms with van der Waals surface area (Å²) >= 11 is 0. The third-order valence-electron chi connectivity index (χ3n) is 4.66. The second-order valence-electron chi connectivity index (χ2n) is 6.79. The second kappa shape index (κ2) is 5.81. The van der Waals surface area contributed by atoms with E-state index in [0.717, 1.165) is 0 Å². The first-order valence-corrected chi connectivity index (χ1v) is 8.07. The summed E-state index contributed by atoms with van der Waals surface area (Å²) in [5.41, 5.74) is 5.01. The fourth-order valence-electron chi connectivity index (χ4n) is 3.41. The molecule has 2 fully saturated rings. The molecular formula is C15H22N6O3. The van der Waals surface area contributed by atoms with Crippen LogP contribution in [0.5, 0.6) is 0 Å². The van der Waals surface area contributed by atoms with Crippen LogP contribution < -0.4 is 11.1 Å². The van der Waals surface area contributed by atoms with Crippen molar-refractivity contribution in [2.45, 2.75) is 32.2 Å². The molecule has 0 saturated carbocycles. The molecule has 0 aliphatic carbocycles. The molecule has 2 saturated heterocycles. The lowest BCUT2D eigenvalue weighted by molar-refractivity contribution is -0.129. The monoisotopic (exact) mass is 334 g/mol. The van der Waals surface area contributed by atoms with E-state index in [4.69, 9.17) is 5.73 Å². The minimum absolute atomic E-state index is 0.200. The third kappa shape index (κ3) is 2.59. The van der Waals surface area contributed by atoms with E-state index >= 15 is 0 Å². The second-order valence-corrected chi connectivity index (χ2v) is 6.79. The molecule has 0 atom stereocenters. The summed E-state index contributed by atoms with van der Waals surface area (Å²) in [6.45, 7) is 5.32. The van der Waals surface area contributed by atoms with E-state index < -0.39 is 5.54 Å². The molecule has 9 nitrogen and oxygen atoms in total. The molecule has 3 heterocycles. The maximum Gasteiger partial charge on any atom is 0.325 e. The van der Waals surface area contributed by atoms with Gasteiger partial charge in [0.25, 0.3) is 11.8 Å². The van der Waals surface area contributed by atoms with Gasteiger partial charge in [-0.2, -0.15) is 5.10 Å². The van der Waals surface area contributed by atoms with Gasteiger partial charge in [-0.05, 0) is 18.8 Å². The highest BCUT2D eigenvalue weighted by molar-refractivity contribution is 6.07. The Kier molecular flexibility index (Phi) is 3.94. The number of nitrogens with zero attached hydrogens (tertiary/aromatic N) is 3. The third-order valence-corrected chi connectivity index (χ3v) is 4.66. The van der Waals surface area contributed by atoms with E-state index in [2.05, 4.69) is 15.5 Å². The van der Waals surface area contributed by atoms with Gasteiger partial charge in [0.2, 0.25) is 0 Å². The van der Waals surface area contributed by atoms with Gasteiger partial charge in [-0.3, -0.25) is 20.0 Å². The number of anilines is 1. The number of aromatic amines is 1. The summed E-state index contributed by atoms with van der Waals surface area (Å²) in [7, 11) is 0. The number of nitrogen functional groups attached to an aromatic ring is 1. The van der Waals surface area contributed by atoms with Crippen molar-refractivity contribution in [2.24, 2.45) is 5.92 Å². The van der Waals surface area contributed by atoms with Crippen molar-refractivity contribution in [2.75, 3.05) is 25.4 Å². The molecular weight excluding hydrogens is 312 g/mol. The standard InChI is InChI=1S/C15H22N6O3/c1-9(2)8-21-14(24)17-13(23)15(21)3-5-20(6-4-15)12(22)10-7-11(16)19-18-10/h7,9H,3-6,8H2,1-2H3,(H3,16,18,19)(H,17,23,24). The highest BCUT2D eigenvalue weighted by Crippen LogP contribution is 2.34. The molecule has 4 amide bonds. The van der Waals surface area contributed by atoms with Gasteiger partial charge in [-0.15, -0.1) is 0 Å². The average Bonchev–Trinajstić information content (AvgIpc) is 3.05. The van der Waals surface area contributed by atoms with Crippen molar-refractivity contribution in [3.8, 4) is 0 Å². The number of rotatable bonds is 3. The molecule has 4 N–H and O–H groups in total. The quantitative estimate of drug-likeness (QED) is 0.680. The molecule has 130 valence electrons. The van der Waals surface area contributed by atoms with Crippen LogP contribution in [0.1, 0.15) is 37.2 Å². The number of hydrogen-bond acceptors (Lipinski definition) is 5. The zero-order valence-corrected chi connectivity index (χ0v) is 13.8. The van der Waals surface area contributed by atoms with Crippen LogP contribution in [0.15, 0.2) is 6.07 Å². The lowest BCUT2D eigenvalue weighted by Gasteiger charge is -2.42. The Morgan fingerprint density at radius 3 is 2.58 bits per heavy atom. The first kappa shape index (κ1) is 16.3. The largest absolute Gasteiger partial charge is 0.382 e. The number of aromatic nitrogens is 2. The summed E-state index contributed by atoms with van der Waals surface area (Å²) in [5.74, 6) is 0.0575. The number of H-pyrrole nitrogens is 1. The predicted molar refractivity (Wildman–Crippen MR) is 86.0 cm³/mol. The number of urea groups is 1. The van der Waals surface area contributed by atoms with Crippen molar-refractivity contribution in [1.29, 1.82) is 0 Å². The van der Waals surface area contributed by atoms with Gasteiger partial charge in [0.1, 0.15) is 17.1 Å². The van der Waals surface area contributed by atoms with Crippen LogP contribution >= 0.6 is 0 Å². The first-order chi connectivity index (χ1) is 11.3. The highest BCUT2D eigenvalue weighted by atomic mass is 16.2. The Balaban J connectivity index is 1.74. The van der Waals surface area contributed by atoms with Gasteiger partial charge >= 0.3 is 6.03 Å². The van der Waals surface area contributed by atoms with Crippen molar-refractivity contribution in [3.63, 3.8) is 0 Å². The molecule has 9 heteroatoms. The molecule has 3 rings (SSSR count). The van der Waals surface area contributed by atoms with Gasteiger partial charge in [-0.25, -0.2) is 4.79 Å². The maximum absolute atomic E-state index is 12.4. The topological polar surface area (TPSA) is 124 Å². The smallest absolute Gasteiger partial charge is 0.325 e. The van der Waals surface area contributed by atoms with Crippen LogP contribution in [0.3, 0.4) is 0 Å². The SMILES string of the molecule is CC(C)CN1C(=O)NC(=O)C12CCN(C(=O)c1cc(N)n[nH]1)CC2. The van der Waals surface area contributed by atoms with Crippen molar-refractivity contribution < 1.29 is 14.4 Å². The van der Waals surface area contributed by atoms with Gasteiger partial charge < -0.3 is 15.5 Å². The number of nitrogens with two attached hydrogens (primary N) is 1. The molecule has 0 aromatic carbocycles. The molecule has 1 spiro atoms. The Morgan fingerprint density at radius 2 is 2.04 bits per heavy atom. The molecule has 0 unspecified atom stereocenters. The van der Waals surface area contributed by atoms with E-state index in [1.165, 1.54) is 6.07 Å². The predicted octanol–water partition coefficient (Wildman–Crippen LogP) is 0.175. The lowest BCUT2D eigenvalue weighted by Crippen LogP contribution is -2.58. The van der Waals surface area contributed by atoms with Crippen LogP contribution in [0.4, 0.5) is 10.6 Å². The van der Waals surface area contributed by atoms with Crippen LogP contribution in [0.25, 0.3) is 0 Å². The minimum Gasteiger partial charge on any atom is -0.382 e. The minimum atomic E-state index is -0.842. The fourth-order valence-corrected chi connectivity index (χ4v) is 3.41. The number of nitrogens with one attached hydrogen (secondary N) is 2. The Labute approximate surface area is 139 Å². The molecule has 1 aromatic heterocycles. The Hall–Kier alpha value is -2.58. The number of imide groups is 1. The molecule has 0 bridgehead atoms. The van der Waals surface area contributed by atoms with Crippen molar-refractivity contribution in [3.05, 3.63) is 11.8 Å². The molecule has 0 radical (unpaired) electrons. The number of carbonyl (C=O) groups is 3. The lowest BCUT2D eigenvalue weighted by atomic mass is 9.85. The molecule has 2 aliphatic rings. The van der Waals surface area contributed by atoms with E-state index in [0.29, 0.717) is 38.2 Å². The highest BCUT2D eigenvalue weighted by Gasteiger charge is 2.54. The Bertz CT molecular complexity index is 675. The van der Waals surface area contributed by atoms with Crippen LogP contribution in [-0.4, -0.2) is 63.0 Å². The van der Waals surface area contributed by atoms with E-state index in [-0.39, 0.29) is 29.6 Å². The summed E-state index contributed by atoms with van der Waals surface area (Å²) < 4.78 is 0. The zero-order chi connectivity index (χ0) is 17.5. The fraction of sp³-hybridized carbons (Fsp3) is 0.600. The number of carbonyl (C=O) groups excluding carboxylic acids is 3. The number of hydrogen-bond donors (Lipinski definition) is 3. The zero-order valence-electron chi connectivity index (χ0n) is 13.8. The maximum atomic E-state index is 12.4. The van der Waals surface area contributed by atoms with Gasteiger partial charge in [0, 0.05) is 25.7 Å². The van der Waals surface area contributed by atoms with Crippen LogP contribution in [0, 0.1) is 5.92 Å². The summed E-state index contributed by atoms with van der Waals surface area (Å²) in [5, 5.41) is 8.79. The summed E-state index contributed by atoms with van der Waals surface area (Å²) in [6.07, 6.45) is 0.847.